The number of rotatable bonds is 2. The highest BCUT2D eigenvalue weighted by atomic mass is 35.5. The lowest BCUT2D eigenvalue weighted by molar-refractivity contribution is -0.0316. The lowest BCUT2D eigenvalue weighted by atomic mass is 10.1. The summed E-state index contributed by atoms with van der Waals surface area (Å²) in [5.74, 6) is 0. The van der Waals surface area contributed by atoms with Gasteiger partial charge in [-0.3, -0.25) is 4.55 Å². The van der Waals surface area contributed by atoms with Crippen molar-refractivity contribution in [3.63, 3.8) is 0 Å². The molecule has 0 saturated carbocycles. The Labute approximate surface area is 91.4 Å². The number of hydrogen-bond donors (Lipinski definition) is 1. The first-order chi connectivity index (χ1) is 6.88. The van der Waals surface area contributed by atoms with Gasteiger partial charge in [-0.1, -0.05) is 11.6 Å². The molecule has 2 rings (SSSR count). The number of carbonyl (C=O) groups is 1. The molecule has 0 radical (unpaired) electrons. The summed E-state index contributed by atoms with van der Waals surface area (Å²) in [6.45, 7) is 0.322. The molecule has 1 unspecified atom stereocenters. The summed E-state index contributed by atoms with van der Waals surface area (Å²) in [4.78, 5) is 12.8. The summed E-state index contributed by atoms with van der Waals surface area (Å²) in [6, 6.07) is -0.996. The van der Waals surface area contributed by atoms with Gasteiger partial charge in [0.05, 0.1) is 6.04 Å². The van der Waals surface area contributed by atoms with E-state index in [9.17, 15) is 13.2 Å². The minimum absolute atomic E-state index is 0.322. The largest absolute Gasteiger partial charge is 0.418 e. The maximum absolute atomic E-state index is 11.5. The Bertz CT molecular complexity index is 385. The number of halogens is 1. The van der Waals surface area contributed by atoms with Gasteiger partial charge in [-0.2, -0.15) is 13.5 Å². The Balaban J connectivity index is 2.18. The van der Waals surface area contributed by atoms with Crippen LogP contribution >= 0.6 is 11.6 Å². The molecule has 2 atom stereocenters. The van der Waals surface area contributed by atoms with Gasteiger partial charge in [0.2, 0.25) is 0 Å². The molecule has 2 amide bonds. The highest BCUT2D eigenvalue weighted by Crippen LogP contribution is 2.31. The predicted molar refractivity (Wildman–Crippen MR) is 49.2 cm³/mol. The summed E-state index contributed by atoms with van der Waals surface area (Å²) in [7, 11) is -4.66. The molecule has 7 nitrogen and oxygen atoms in total. The van der Waals surface area contributed by atoms with E-state index < -0.39 is 21.9 Å². The molecule has 2 heterocycles. The Hall–Kier alpha value is -0.570. The van der Waals surface area contributed by atoms with Crippen LogP contribution in [0.2, 0.25) is 0 Å². The molecule has 0 aliphatic carbocycles. The van der Waals surface area contributed by atoms with Gasteiger partial charge in [0.15, 0.2) is 0 Å². The maximum Gasteiger partial charge on any atom is 0.418 e. The molecule has 2 aliphatic rings. The second kappa shape index (κ2) is 3.48. The van der Waals surface area contributed by atoms with E-state index in [2.05, 4.69) is 4.28 Å². The molecule has 2 fully saturated rings. The summed E-state index contributed by atoms with van der Waals surface area (Å²) in [5.41, 5.74) is -0.441. The third-order valence-electron chi connectivity index (χ3n) is 2.42. The number of carbonyl (C=O) groups excluding carboxylic acids is 1. The van der Waals surface area contributed by atoms with Crippen molar-refractivity contribution < 1.29 is 22.0 Å². The second-order valence-corrected chi connectivity index (χ2v) is 4.94. The summed E-state index contributed by atoms with van der Waals surface area (Å²) in [6.07, 6.45) is 1.12. The van der Waals surface area contributed by atoms with E-state index in [1.54, 1.807) is 0 Å². The van der Waals surface area contributed by atoms with Gasteiger partial charge < -0.3 is 4.90 Å². The average molecular weight is 257 g/mol. The number of alkyl halides is 1. The third kappa shape index (κ3) is 2.03. The summed E-state index contributed by atoms with van der Waals surface area (Å²) >= 11 is 5.85. The van der Waals surface area contributed by atoms with Crippen LogP contribution in [0, 0.1) is 0 Å². The Morgan fingerprint density at radius 1 is 1.47 bits per heavy atom. The molecule has 0 aromatic carbocycles. The van der Waals surface area contributed by atoms with Gasteiger partial charge in [-0.15, -0.1) is 4.28 Å². The number of hydroxylamine groups is 2. The lowest BCUT2D eigenvalue weighted by Crippen LogP contribution is -2.36. The Morgan fingerprint density at radius 2 is 2.13 bits per heavy atom. The van der Waals surface area contributed by atoms with Crippen LogP contribution < -0.4 is 0 Å². The summed E-state index contributed by atoms with van der Waals surface area (Å²) in [5, 5.41) is 0.664. The fourth-order valence-corrected chi connectivity index (χ4v) is 2.46. The minimum Gasteiger partial charge on any atom is -0.304 e. The average Bonchev–Trinajstić information content (AvgIpc) is 2.35. The van der Waals surface area contributed by atoms with Crippen LogP contribution in [0.15, 0.2) is 0 Å². The van der Waals surface area contributed by atoms with E-state index in [0.29, 0.717) is 24.4 Å². The molecule has 0 spiro atoms. The van der Waals surface area contributed by atoms with Gasteiger partial charge in [-0.05, 0) is 12.8 Å². The van der Waals surface area contributed by atoms with E-state index in [0.717, 1.165) is 0 Å². The zero-order chi connectivity index (χ0) is 11.2. The van der Waals surface area contributed by atoms with E-state index >= 15 is 0 Å². The predicted octanol–water partition coefficient (Wildman–Crippen LogP) is 0.186. The van der Waals surface area contributed by atoms with E-state index in [-0.39, 0.29) is 6.04 Å². The minimum atomic E-state index is -4.66. The monoisotopic (exact) mass is 256 g/mol. The van der Waals surface area contributed by atoms with Crippen molar-refractivity contribution in [2.24, 2.45) is 0 Å². The number of piperidine rings is 1. The number of hydrogen-bond acceptors (Lipinski definition) is 4. The van der Waals surface area contributed by atoms with Crippen LogP contribution in [0.4, 0.5) is 4.79 Å². The van der Waals surface area contributed by atoms with Crippen LogP contribution in [0.1, 0.15) is 12.8 Å². The second-order valence-electron chi connectivity index (χ2n) is 3.43. The van der Waals surface area contributed by atoms with Crippen molar-refractivity contribution in [1.82, 2.24) is 9.96 Å². The standard InChI is InChI=1S/C6H9ClN2O5S/c7-5-2-1-4-3-8(5)6(10)9(4)14-15(11,12)13/h4-5H,1-3H2,(H,11,12,13)/t4?,5-/m0/s1. The molecule has 2 saturated heterocycles. The SMILES string of the molecule is O=C1N(OS(=O)(=O)O)C2CC[C@@H](Cl)N1C2. The van der Waals surface area contributed by atoms with Gasteiger partial charge >= 0.3 is 16.4 Å². The molecular weight excluding hydrogens is 248 g/mol. The van der Waals surface area contributed by atoms with Crippen LogP contribution in [-0.2, 0) is 14.7 Å². The normalized spacial score (nSPS) is 31.2. The smallest absolute Gasteiger partial charge is 0.304 e. The maximum atomic E-state index is 11.5. The van der Waals surface area contributed by atoms with Gasteiger partial charge in [-0.25, -0.2) is 4.79 Å². The van der Waals surface area contributed by atoms with E-state index in [4.69, 9.17) is 16.2 Å². The van der Waals surface area contributed by atoms with Crippen molar-refractivity contribution in [1.29, 1.82) is 0 Å². The van der Waals surface area contributed by atoms with Crippen LogP contribution in [0.3, 0.4) is 0 Å². The van der Waals surface area contributed by atoms with Crippen molar-refractivity contribution in [2.75, 3.05) is 6.54 Å². The Morgan fingerprint density at radius 3 is 2.67 bits per heavy atom. The highest BCUT2D eigenvalue weighted by Gasteiger charge is 2.46. The fourth-order valence-electron chi connectivity index (χ4n) is 1.78. The fraction of sp³-hybridized carbons (Fsp3) is 0.833. The Kier molecular flexibility index (Phi) is 2.53. The molecular formula is C6H9ClN2O5S. The topological polar surface area (TPSA) is 87.1 Å². The number of fused-ring (bicyclic) bond motifs is 2. The number of amides is 2. The van der Waals surface area contributed by atoms with Crippen molar-refractivity contribution in [3.05, 3.63) is 0 Å². The van der Waals surface area contributed by atoms with Crippen molar-refractivity contribution in [2.45, 2.75) is 24.4 Å². The molecule has 86 valence electrons. The van der Waals surface area contributed by atoms with Crippen LogP contribution in [-0.4, -0.2) is 47.1 Å². The molecule has 0 aromatic heterocycles. The van der Waals surface area contributed by atoms with Crippen molar-refractivity contribution in [3.8, 4) is 0 Å². The lowest BCUT2D eigenvalue weighted by Gasteiger charge is -2.25. The molecule has 2 aliphatic heterocycles. The molecule has 2 bridgehead atoms. The van der Waals surface area contributed by atoms with Gasteiger partial charge in [0, 0.05) is 6.54 Å². The number of nitrogens with zero attached hydrogens (tertiary/aromatic N) is 2. The van der Waals surface area contributed by atoms with Gasteiger partial charge in [0.25, 0.3) is 0 Å². The van der Waals surface area contributed by atoms with Gasteiger partial charge in [0.1, 0.15) is 5.50 Å². The first-order valence-electron chi connectivity index (χ1n) is 4.29. The molecule has 9 heteroatoms. The van der Waals surface area contributed by atoms with E-state index in [1.165, 1.54) is 4.90 Å². The summed E-state index contributed by atoms with van der Waals surface area (Å²) < 4.78 is 33.7. The first kappa shape index (κ1) is 10.9. The van der Waals surface area contributed by atoms with E-state index in [1.807, 2.05) is 0 Å². The zero-order valence-corrected chi connectivity index (χ0v) is 9.11. The quantitative estimate of drug-likeness (QED) is 0.433. The molecule has 15 heavy (non-hydrogen) atoms. The van der Waals surface area contributed by atoms with Crippen LogP contribution in [0.25, 0.3) is 0 Å². The highest BCUT2D eigenvalue weighted by molar-refractivity contribution is 7.80. The van der Waals surface area contributed by atoms with Crippen LogP contribution in [0.5, 0.6) is 0 Å². The third-order valence-corrected chi connectivity index (χ3v) is 3.23. The molecule has 0 aromatic rings. The molecule has 1 N–H and O–H groups in total. The first-order valence-corrected chi connectivity index (χ1v) is 6.09. The number of urea groups is 1. The zero-order valence-electron chi connectivity index (χ0n) is 7.54. The van der Waals surface area contributed by atoms with Crippen molar-refractivity contribution >= 4 is 28.0 Å².